The fourth-order valence-electron chi connectivity index (χ4n) is 4.32. The quantitative estimate of drug-likeness (QED) is 0.696. The third-order valence-corrected chi connectivity index (χ3v) is 5.90. The van der Waals surface area contributed by atoms with Crippen LogP contribution in [0.3, 0.4) is 0 Å². The van der Waals surface area contributed by atoms with E-state index in [4.69, 9.17) is 4.74 Å². The Morgan fingerprint density at radius 2 is 1.93 bits per heavy atom. The highest BCUT2D eigenvalue weighted by atomic mass is 35.5. The summed E-state index contributed by atoms with van der Waals surface area (Å²) in [4.78, 5) is 15.3. The Kier molecular flexibility index (Phi) is 11.4. The molecule has 1 aromatic carbocycles. The van der Waals surface area contributed by atoms with E-state index in [1.165, 1.54) is 12.0 Å². The van der Waals surface area contributed by atoms with Gasteiger partial charge in [0.25, 0.3) is 0 Å². The number of piperidine rings is 2. The molecule has 5 nitrogen and oxygen atoms in total. The van der Waals surface area contributed by atoms with Gasteiger partial charge in [0.15, 0.2) is 0 Å². The molecule has 0 saturated carbocycles. The number of methoxy groups -OCH3 is 1. The molecule has 2 aliphatic heterocycles. The first kappa shape index (κ1) is 25.2. The van der Waals surface area contributed by atoms with Gasteiger partial charge in [0.05, 0.1) is 12.6 Å². The van der Waals surface area contributed by atoms with Gasteiger partial charge in [-0.3, -0.25) is 9.69 Å². The average molecular weight is 432 g/mol. The number of amides is 1. The molecule has 0 radical (unpaired) electrons. The first-order valence-corrected chi connectivity index (χ1v) is 9.98. The van der Waals surface area contributed by atoms with Crippen molar-refractivity contribution < 1.29 is 9.53 Å². The highest BCUT2D eigenvalue weighted by Crippen LogP contribution is 2.28. The number of carbonyl (C=O) groups excluding carboxylic acids is 1. The van der Waals surface area contributed by atoms with E-state index in [1.54, 1.807) is 7.11 Å². The molecule has 160 valence electrons. The normalized spacial score (nSPS) is 21.8. The summed E-state index contributed by atoms with van der Waals surface area (Å²) in [6.07, 6.45) is 5.38. The minimum Gasteiger partial charge on any atom is -0.384 e. The van der Waals surface area contributed by atoms with Crippen molar-refractivity contribution in [3.05, 3.63) is 35.9 Å². The number of halogens is 2. The SMILES string of the molecule is COCC1(CNC(=O)C2CCCCN2Cc2ccccc2)CCNCC1.Cl.Cl. The van der Waals surface area contributed by atoms with Crippen molar-refractivity contribution in [2.45, 2.75) is 44.7 Å². The van der Waals surface area contributed by atoms with Gasteiger partial charge in [-0.2, -0.15) is 0 Å². The fraction of sp³-hybridized carbons (Fsp3) is 0.667. The van der Waals surface area contributed by atoms with E-state index >= 15 is 0 Å². The smallest absolute Gasteiger partial charge is 0.237 e. The zero-order valence-corrected chi connectivity index (χ0v) is 18.5. The van der Waals surface area contributed by atoms with Gasteiger partial charge < -0.3 is 15.4 Å². The number of hydrogen-bond donors (Lipinski definition) is 2. The van der Waals surface area contributed by atoms with Crippen LogP contribution in [-0.4, -0.2) is 56.7 Å². The predicted octanol–water partition coefficient (Wildman–Crippen LogP) is 3.02. The highest BCUT2D eigenvalue weighted by molar-refractivity contribution is 5.85. The van der Waals surface area contributed by atoms with Crippen molar-refractivity contribution in [2.75, 3.05) is 39.9 Å². The Morgan fingerprint density at radius 3 is 2.61 bits per heavy atom. The van der Waals surface area contributed by atoms with E-state index in [-0.39, 0.29) is 42.2 Å². The summed E-state index contributed by atoms with van der Waals surface area (Å²) in [6, 6.07) is 10.5. The maximum absolute atomic E-state index is 13.0. The third kappa shape index (κ3) is 6.89. The number of rotatable bonds is 7. The number of carbonyl (C=O) groups is 1. The Bertz CT molecular complexity index is 563. The molecule has 3 rings (SSSR count). The number of hydrogen-bond acceptors (Lipinski definition) is 4. The first-order valence-electron chi connectivity index (χ1n) is 9.98. The molecule has 2 N–H and O–H groups in total. The number of nitrogens with one attached hydrogen (secondary N) is 2. The van der Waals surface area contributed by atoms with E-state index < -0.39 is 0 Å². The van der Waals surface area contributed by atoms with E-state index in [2.05, 4.69) is 39.8 Å². The molecule has 2 fully saturated rings. The highest BCUT2D eigenvalue weighted by Gasteiger charge is 2.34. The van der Waals surface area contributed by atoms with E-state index in [0.717, 1.165) is 58.4 Å². The number of likely N-dealkylation sites (tertiary alicyclic amines) is 1. The summed E-state index contributed by atoms with van der Waals surface area (Å²) in [5, 5.41) is 6.68. The molecule has 1 atom stereocenters. The third-order valence-electron chi connectivity index (χ3n) is 5.90. The topological polar surface area (TPSA) is 53.6 Å². The monoisotopic (exact) mass is 431 g/mol. The van der Waals surface area contributed by atoms with Crippen LogP contribution in [0.4, 0.5) is 0 Å². The molecular weight excluding hydrogens is 397 g/mol. The second-order valence-corrected chi connectivity index (χ2v) is 7.87. The first-order chi connectivity index (χ1) is 12.7. The van der Waals surface area contributed by atoms with Gasteiger partial charge in [0, 0.05) is 25.6 Å². The molecule has 7 heteroatoms. The molecular formula is C21H35Cl2N3O2. The van der Waals surface area contributed by atoms with E-state index in [9.17, 15) is 4.79 Å². The summed E-state index contributed by atoms with van der Waals surface area (Å²) in [5.74, 6) is 0.189. The lowest BCUT2D eigenvalue weighted by molar-refractivity contribution is -0.128. The van der Waals surface area contributed by atoms with Crippen LogP contribution >= 0.6 is 24.8 Å². The molecule has 2 saturated heterocycles. The second-order valence-electron chi connectivity index (χ2n) is 7.87. The van der Waals surface area contributed by atoms with Crippen molar-refractivity contribution in [2.24, 2.45) is 5.41 Å². The summed E-state index contributed by atoms with van der Waals surface area (Å²) >= 11 is 0. The molecule has 0 bridgehead atoms. The maximum atomic E-state index is 13.0. The van der Waals surface area contributed by atoms with Gasteiger partial charge in [0.2, 0.25) is 5.91 Å². The Labute approximate surface area is 181 Å². The zero-order valence-electron chi connectivity index (χ0n) is 16.8. The lowest BCUT2D eigenvalue weighted by Crippen LogP contribution is -2.53. The Balaban J connectivity index is 0.00000196. The number of nitrogens with zero attached hydrogens (tertiary/aromatic N) is 1. The molecule has 0 spiro atoms. The van der Waals surface area contributed by atoms with Crippen LogP contribution < -0.4 is 10.6 Å². The minimum absolute atomic E-state index is 0. The van der Waals surface area contributed by atoms with Crippen molar-refractivity contribution in [3.63, 3.8) is 0 Å². The molecule has 28 heavy (non-hydrogen) atoms. The van der Waals surface area contributed by atoms with Crippen LogP contribution in [0.5, 0.6) is 0 Å². The van der Waals surface area contributed by atoms with Crippen LogP contribution in [0.1, 0.15) is 37.7 Å². The molecule has 0 aliphatic carbocycles. The molecule has 0 aromatic heterocycles. The second kappa shape index (κ2) is 12.7. The summed E-state index contributed by atoms with van der Waals surface area (Å²) in [6.45, 7) is 5.29. The van der Waals surface area contributed by atoms with Crippen molar-refractivity contribution in [1.82, 2.24) is 15.5 Å². The molecule has 2 aliphatic rings. The lowest BCUT2D eigenvalue weighted by atomic mass is 9.79. The summed E-state index contributed by atoms with van der Waals surface area (Å²) < 4.78 is 5.47. The molecule has 1 unspecified atom stereocenters. The molecule has 1 aromatic rings. The predicted molar refractivity (Wildman–Crippen MR) is 118 cm³/mol. The zero-order chi connectivity index (χ0) is 18.2. The minimum atomic E-state index is -0.00901. The van der Waals surface area contributed by atoms with Crippen LogP contribution in [0.15, 0.2) is 30.3 Å². The lowest BCUT2D eigenvalue weighted by Gasteiger charge is -2.39. The Hall–Kier alpha value is -0.850. The van der Waals surface area contributed by atoms with Gasteiger partial charge >= 0.3 is 0 Å². The van der Waals surface area contributed by atoms with Crippen molar-refractivity contribution >= 4 is 30.7 Å². The molecule has 2 heterocycles. The van der Waals surface area contributed by atoms with Gasteiger partial charge in [0.1, 0.15) is 0 Å². The fourth-order valence-corrected chi connectivity index (χ4v) is 4.32. The van der Waals surface area contributed by atoms with Gasteiger partial charge in [-0.05, 0) is 50.9 Å². The summed E-state index contributed by atoms with van der Waals surface area (Å²) in [5.41, 5.74) is 1.36. The number of ether oxygens (including phenoxy) is 1. The van der Waals surface area contributed by atoms with Gasteiger partial charge in [-0.1, -0.05) is 36.8 Å². The Morgan fingerprint density at radius 1 is 1.21 bits per heavy atom. The van der Waals surface area contributed by atoms with Gasteiger partial charge in [-0.25, -0.2) is 0 Å². The van der Waals surface area contributed by atoms with E-state index in [0.29, 0.717) is 6.61 Å². The van der Waals surface area contributed by atoms with Crippen LogP contribution in [-0.2, 0) is 16.1 Å². The van der Waals surface area contributed by atoms with Crippen LogP contribution in [0.2, 0.25) is 0 Å². The standard InChI is InChI=1S/C21H33N3O2.2ClH/c1-26-17-21(10-12-22-13-11-21)16-23-20(25)19-9-5-6-14-24(19)15-18-7-3-2-4-8-18;;/h2-4,7-8,19,22H,5-6,9-17H2,1H3,(H,23,25);2*1H. The van der Waals surface area contributed by atoms with Crippen LogP contribution in [0.25, 0.3) is 0 Å². The average Bonchev–Trinajstić information content (AvgIpc) is 2.68. The summed E-state index contributed by atoms with van der Waals surface area (Å²) in [7, 11) is 1.76. The largest absolute Gasteiger partial charge is 0.384 e. The van der Waals surface area contributed by atoms with Crippen molar-refractivity contribution in [1.29, 1.82) is 0 Å². The van der Waals surface area contributed by atoms with Gasteiger partial charge in [-0.15, -0.1) is 24.8 Å². The molecule has 1 amide bonds. The van der Waals surface area contributed by atoms with Crippen molar-refractivity contribution in [3.8, 4) is 0 Å². The van der Waals surface area contributed by atoms with Crippen LogP contribution in [0, 0.1) is 5.41 Å². The van der Waals surface area contributed by atoms with E-state index in [1.807, 2.05) is 6.07 Å². The number of benzene rings is 1. The maximum Gasteiger partial charge on any atom is 0.237 e.